The minimum atomic E-state index is -6.72. The normalized spacial score (nSPS) is 12.2. The molecule has 3 rings (SSSR count). The molecule has 9 nitrogen and oxygen atoms in total. The van der Waals surface area contributed by atoms with Gasteiger partial charge in [0.05, 0.1) is 10.9 Å². The number of benzene rings is 3. The highest BCUT2D eigenvalue weighted by Gasteiger charge is 2.47. The van der Waals surface area contributed by atoms with Crippen LogP contribution in [0.25, 0.3) is 4.13 Å². The lowest BCUT2D eigenvalue weighted by Gasteiger charge is -2.22. The first-order valence-corrected chi connectivity index (χ1v) is 15.1. The van der Waals surface area contributed by atoms with Crippen LogP contribution in [-0.4, -0.2) is 39.8 Å². The maximum absolute atomic E-state index is 11.4. The lowest BCUT2D eigenvalue weighted by atomic mass is 10.3. The maximum Gasteiger partial charge on any atom is 0.480 e. The summed E-state index contributed by atoms with van der Waals surface area (Å²) in [6, 6.07) is 25.2. The summed E-state index contributed by atoms with van der Waals surface area (Å²) in [5.74, 6) is 0.359. The second-order valence-electron chi connectivity index (χ2n) is 7.67. The number of hydrogen-bond acceptors (Lipinski definition) is 8. The van der Waals surface area contributed by atoms with Crippen LogP contribution in [0.2, 0.25) is 0 Å². The van der Waals surface area contributed by atoms with E-state index >= 15 is 0 Å². The molecular formula is C24H19F6NO8S3. The van der Waals surface area contributed by atoms with Gasteiger partial charge in [0, 0.05) is 13.8 Å². The van der Waals surface area contributed by atoms with E-state index in [2.05, 4.69) is 12.1 Å². The van der Waals surface area contributed by atoms with Gasteiger partial charge in [0.15, 0.2) is 34.7 Å². The third kappa shape index (κ3) is 9.74. The summed E-state index contributed by atoms with van der Waals surface area (Å²) < 4.78 is 119. The molecule has 0 unspecified atom stereocenters. The monoisotopic (exact) mass is 659 g/mol. The Morgan fingerprint density at radius 1 is 0.595 bits per heavy atom. The zero-order chi connectivity index (χ0) is 31.9. The number of esters is 2. The molecule has 0 atom stereocenters. The van der Waals surface area contributed by atoms with Crippen molar-refractivity contribution in [3.8, 4) is 11.5 Å². The van der Waals surface area contributed by atoms with Crippen molar-refractivity contribution in [3.63, 3.8) is 0 Å². The fourth-order valence-electron chi connectivity index (χ4n) is 2.80. The van der Waals surface area contributed by atoms with Crippen molar-refractivity contribution >= 4 is 42.9 Å². The number of alkyl halides is 6. The lowest BCUT2D eigenvalue weighted by molar-refractivity contribution is -0.132. The highest BCUT2D eigenvalue weighted by molar-refractivity contribution is 8.13. The standard InChI is InChI=1S/C22H19O4S.C2F6NO4S2/c1-16(23)25-18-8-12-21(13-9-18)27(20-6-4-3-5-7-20)22-14-10-19(11-15-22)26-17(2)24;3-1(4,5)14(10,11)9-15(12,13)2(6,7)8/h3-15H,1-2H3;/q+1;-1. The van der Waals surface area contributed by atoms with Gasteiger partial charge in [0.2, 0.25) is 0 Å². The van der Waals surface area contributed by atoms with Crippen LogP contribution in [-0.2, 0) is 40.5 Å². The molecule has 42 heavy (non-hydrogen) atoms. The van der Waals surface area contributed by atoms with Gasteiger partial charge in [-0.3, -0.25) is 9.59 Å². The van der Waals surface area contributed by atoms with E-state index in [9.17, 15) is 52.8 Å². The summed E-state index contributed by atoms with van der Waals surface area (Å²) in [5, 5.41) is 0. The molecule has 0 aliphatic heterocycles. The van der Waals surface area contributed by atoms with Crippen LogP contribution >= 0.6 is 0 Å². The zero-order valence-electron chi connectivity index (χ0n) is 21.2. The fourth-order valence-corrected chi connectivity index (χ4v) is 6.57. The number of hydrogen-bond donors (Lipinski definition) is 0. The van der Waals surface area contributed by atoms with Crippen molar-refractivity contribution in [2.75, 3.05) is 0 Å². The number of rotatable bonds is 7. The maximum atomic E-state index is 11.4. The van der Waals surface area contributed by atoms with Crippen molar-refractivity contribution in [3.05, 3.63) is 83.0 Å². The SMILES string of the molecule is CC(=O)Oc1ccc([S+](c2ccccc2)c2ccc(OC(C)=O)cc2)cc1.O=S(=O)([N-]S(=O)(=O)C(F)(F)F)C(F)(F)F. The highest BCUT2D eigenvalue weighted by atomic mass is 32.3. The Hall–Kier alpha value is -3.61. The largest absolute Gasteiger partial charge is 0.480 e. The van der Waals surface area contributed by atoms with Gasteiger partial charge < -0.3 is 13.6 Å². The molecule has 0 heterocycles. The van der Waals surface area contributed by atoms with Gasteiger partial charge in [0.1, 0.15) is 11.5 Å². The molecule has 18 heteroatoms. The van der Waals surface area contributed by atoms with Crippen molar-refractivity contribution in [2.24, 2.45) is 0 Å². The Kier molecular flexibility index (Phi) is 11.2. The molecule has 0 spiro atoms. The average Bonchev–Trinajstić information content (AvgIpc) is 2.85. The minimum absolute atomic E-state index is 0.338. The molecule has 0 aliphatic carbocycles. The van der Waals surface area contributed by atoms with E-state index in [1.165, 1.54) is 13.8 Å². The van der Waals surface area contributed by atoms with Crippen molar-refractivity contribution < 1.29 is 62.2 Å². The molecule has 0 N–H and O–H groups in total. The third-order valence-electron chi connectivity index (χ3n) is 4.40. The molecule has 0 saturated carbocycles. The first-order valence-electron chi connectivity index (χ1n) is 11.0. The van der Waals surface area contributed by atoms with E-state index in [0.717, 1.165) is 18.8 Å². The van der Waals surface area contributed by atoms with Gasteiger partial charge in [-0.25, -0.2) is 16.8 Å². The van der Waals surface area contributed by atoms with Gasteiger partial charge in [0.25, 0.3) is 0 Å². The summed E-state index contributed by atoms with van der Waals surface area (Å²) in [5.41, 5.74) is -12.4. The fraction of sp³-hybridized carbons (Fsp3) is 0.167. The molecule has 3 aromatic rings. The Morgan fingerprint density at radius 3 is 1.19 bits per heavy atom. The molecule has 0 amide bonds. The summed E-state index contributed by atoms with van der Waals surface area (Å²) in [7, 11) is -13.8. The second-order valence-corrected chi connectivity index (χ2v) is 13.1. The van der Waals surface area contributed by atoms with E-state index in [0.29, 0.717) is 11.5 Å². The molecule has 0 aliphatic rings. The van der Waals surface area contributed by atoms with Gasteiger partial charge in [-0.2, -0.15) is 26.3 Å². The molecule has 3 aromatic carbocycles. The van der Waals surface area contributed by atoms with Crippen LogP contribution in [0.4, 0.5) is 26.3 Å². The van der Waals surface area contributed by atoms with Crippen LogP contribution in [0.15, 0.2) is 93.5 Å². The Bertz CT molecular complexity index is 1490. The summed E-state index contributed by atoms with van der Waals surface area (Å²) in [6.07, 6.45) is 0. The van der Waals surface area contributed by atoms with Crippen molar-refractivity contribution in [2.45, 2.75) is 39.6 Å². The van der Waals surface area contributed by atoms with E-state index in [1.807, 2.05) is 42.5 Å². The van der Waals surface area contributed by atoms with Gasteiger partial charge in [-0.15, -0.1) is 0 Å². The van der Waals surface area contributed by atoms with E-state index in [1.54, 1.807) is 24.3 Å². The number of carbonyl (C=O) groups excluding carboxylic acids is 2. The number of halogens is 6. The topological polar surface area (TPSA) is 135 Å². The molecule has 228 valence electrons. The average molecular weight is 660 g/mol. The van der Waals surface area contributed by atoms with Crippen LogP contribution in [0, 0.1) is 0 Å². The van der Waals surface area contributed by atoms with Crippen LogP contribution < -0.4 is 9.47 Å². The van der Waals surface area contributed by atoms with Crippen LogP contribution in [0.3, 0.4) is 0 Å². The van der Waals surface area contributed by atoms with Crippen molar-refractivity contribution in [1.82, 2.24) is 0 Å². The van der Waals surface area contributed by atoms with Gasteiger partial charge in [-0.05, 0) is 60.7 Å². The number of ether oxygens (including phenoxy) is 2. The molecule has 0 bridgehead atoms. The number of carbonyl (C=O) groups is 2. The quantitative estimate of drug-likeness (QED) is 0.137. The van der Waals surface area contributed by atoms with Gasteiger partial charge in [-0.1, -0.05) is 18.2 Å². The Morgan fingerprint density at radius 2 is 0.905 bits per heavy atom. The molecule has 0 fully saturated rings. The molecule has 0 radical (unpaired) electrons. The van der Waals surface area contributed by atoms with Crippen molar-refractivity contribution in [1.29, 1.82) is 0 Å². The van der Waals surface area contributed by atoms with E-state index < -0.39 is 31.1 Å². The first kappa shape index (κ1) is 34.6. The first-order chi connectivity index (χ1) is 19.2. The summed E-state index contributed by atoms with van der Waals surface area (Å²) in [6.45, 7) is 2.76. The third-order valence-corrected chi connectivity index (χ3v) is 9.37. The molecule has 0 aromatic heterocycles. The lowest BCUT2D eigenvalue weighted by Crippen LogP contribution is -2.30. The smallest absolute Gasteiger partial charge is 0.427 e. The second kappa shape index (κ2) is 13.6. The molecule has 0 saturated heterocycles. The Balaban J connectivity index is 0.000000351. The van der Waals surface area contributed by atoms with Crippen LogP contribution in [0.1, 0.15) is 13.8 Å². The zero-order valence-corrected chi connectivity index (χ0v) is 23.7. The van der Waals surface area contributed by atoms with Crippen LogP contribution in [0.5, 0.6) is 11.5 Å². The van der Waals surface area contributed by atoms with Gasteiger partial charge >= 0.3 is 23.0 Å². The molecular weight excluding hydrogens is 640 g/mol. The summed E-state index contributed by atoms with van der Waals surface area (Å²) >= 11 is 0. The van der Waals surface area contributed by atoms with E-state index in [4.69, 9.17) is 9.47 Å². The number of nitrogens with zero attached hydrogens (tertiary/aromatic N) is 1. The number of sulfonamides is 2. The predicted octanol–water partition coefficient (Wildman–Crippen LogP) is 5.69. The highest BCUT2D eigenvalue weighted by Crippen LogP contribution is 2.36. The summed E-state index contributed by atoms with van der Waals surface area (Å²) in [4.78, 5) is 25.6. The minimum Gasteiger partial charge on any atom is -0.427 e. The van der Waals surface area contributed by atoms with E-state index in [-0.39, 0.29) is 22.8 Å². The Labute approximate surface area is 238 Å². The predicted molar refractivity (Wildman–Crippen MR) is 137 cm³/mol.